The van der Waals surface area contributed by atoms with E-state index in [1.54, 1.807) is 0 Å². The molecular formula is C10H10IN3. The van der Waals surface area contributed by atoms with Gasteiger partial charge in [0.15, 0.2) is 0 Å². The van der Waals surface area contributed by atoms with Crippen LogP contribution < -0.4 is 0 Å². The van der Waals surface area contributed by atoms with Crippen molar-refractivity contribution in [2.24, 2.45) is 0 Å². The number of aromatic nitrogens is 3. The second-order valence-corrected chi connectivity index (χ2v) is 4.37. The van der Waals surface area contributed by atoms with Crippen molar-refractivity contribution in [2.75, 3.05) is 0 Å². The summed E-state index contributed by atoms with van der Waals surface area (Å²) in [6, 6.07) is 4.02. The van der Waals surface area contributed by atoms with Gasteiger partial charge in [-0.25, -0.2) is 0 Å². The number of halogens is 1. The Kier molecular flexibility index (Phi) is 2.81. The summed E-state index contributed by atoms with van der Waals surface area (Å²) in [7, 11) is 0. The Labute approximate surface area is 96.3 Å². The molecule has 2 aromatic rings. The van der Waals surface area contributed by atoms with Crippen molar-refractivity contribution in [3.8, 4) is 0 Å². The van der Waals surface area contributed by atoms with Gasteiger partial charge < -0.3 is 0 Å². The molecule has 0 fully saturated rings. The number of hydrogen-bond donors (Lipinski definition) is 0. The minimum atomic E-state index is 0.746. The monoisotopic (exact) mass is 299 g/mol. The quantitative estimate of drug-likeness (QED) is 0.796. The summed E-state index contributed by atoms with van der Waals surface area (Å²) in [5, 5.41) is 4.22. The highest BCUT2D eigenvalue weighted by atomic mass is 127. The molecular weight excluding hydrogens is 289 g/mol. The van der Waals surface area contributed by atoms with Crippen LogP contribution >= 0.6 is 22.6 Å². The highest BCUT2D eigenvalue weighted by Gasteiger charge is 2.00. The summed E-state index contributed by atoms with van der Waals surface area (Å²) in [5.74, 6) is 0. The Morgan fingerprint density at radius 2 is 2.36 bits per heavy atom. The largest absolute Gasteiger partial charge is 0.266 e. The van der Waals surface area contributed by atoms with Crippen LogP contribution in [-0.4, -0.2) is 14.8 Å². The molecule has 3 nitrogen and oxygen atoms in total. The minimum absolute atomic E-state index is 0.746. The average Bonchev–Trinajstić information content (AvgIpc) is 2.56. The first kappa shape index (κ1) is 9.64. The Morgan fingerprint density at radius 1 is 1.50 bits per heavy atom. The predicted molar refractivity (Wildman–Crippen MR) is 63.0 cm³/mol. The fourth-order valence-electron chi connectivity index (χ4n) is 1.26. The van der Waals surface area contributed by atoms with Crippen LogP contribution in [0.2, 0.25) is 0 Å². The standard InChI is InChI=1S/C10H10IN3/c1-8-3-2-4-12-10(8)7-14-6-9(11)5-13-14/h2-6H,7H2,1H3. The molecule has 2 rings (SSSR count). The lowest BCUT2D eigenvalue weighted by atomic mass is 10.2. The van der Waals surface area contributed by atoms with Crippen molar-refractivity contribution in [3.05, 3.63) is 45.6 Å². The summed E-state index contributed by atoms with van der Waals surface area (Å²) in [4.78, 5) is 4.32. The van der Waals surface area contributed by atoms with Gasteiger partial charge in [0.05, 0.1) is 22.0 Å². The van der Waals surface area contributed by atoms with Gasteiger partial charge in [-0.2, -0.15) is 5.10 Å². The first-order valence-corrected chi connectivity index (χ1v) is 5.42. The number of pyridine rings is 1. The Bertz CT molecular complexity index is 436. The Morgan fingerprint density at radius 3 is 3.00 bits per heavy atom. The van der Waals surface area contributed by atoms with Gasteiger partial charge in [0.25, 0.3) is 0 Å². The molecule has 0 aromatic carbocycles. The molecule has 0 amide bonds. The van der Waals surface area contributed by atoms with Gasteiger partial charge in [0.1, 0.15) is 0 Å². The van der Waals surface area contributed by atoms with E-state index in [9.17, 15) is 0 Å². The zero-order chi connectivity index (χ0) is 9.97. The van der Waals surface area contributed by atoms with Gasteiger partial charge in [0, 0.05) is 12.4 Å². The van der Waals surface area contributed by atoms with Crippen molar-refractivity contribution in [1.82, 2.24) is 14.8 Å². The summed E-state index contributed by atoms with van der Waals surface area (Å²) < 4.78 is 3.05. The van der Waals surface area contributed by atoms with Crippen LogP contribution in [0.15, 0.2) is 30.7 Å². The third-order valence-corrected chi connectivity index (χ3v) is 2.59. The van der Waals surface area contributed by atoms with Gasteiger partial charge in [-0.1, -0.05) is 6.07 Å². The van der Waals surface area contributed by atoms with E-state index < -0.39 is 0 Å². The van der Waals surface area contributed by atoms with Crippen LogP contribution in [0.1, 0.15) is 11.3 Å². The molecule has 0 bridgehead atoms. The molecule has 0 spiro atoms. The molecule has 2 heterocycles. The molecule has 0 saturated heterocycles. The smallest absolute Gasteiger partial charge is 0.0834 e. The fourth-order valence-corrected chi connectivity index (χ4v) is 1.71. The third kappa shape index (κ3) is 2.12. The molecule has 0 aliphatic heterocycles. The van der Waals surface area contributed by atoms with Crippen LogP contribution in [0.25, 0.3) is 0 Å². The van der Waals surface area contributed by atoms with Crippen molar-refractivity contribution in [2.45, 2.75) is 13.5 Å². The van der Waals surface area contributed by atoms with Gasteiger partial charge in [0.2, 0.25) is 0 Å². The van der Waals surface area contributed by atoms with Crippen molar-refractivity contribution < 1.29 is 0 Å². The molecule has 14 heavy (non-hydrogen) atoms. The topological polar surface area (TPSA) is 30.7 Å². The summed E-state index contributed by atoms with van der Waals surface area (Å²) >= 11 is 2.25. The van der Waals surface area contributed by atoms with Gasteiger partial charge >= 0.3 is 0 Å². The van der Waals surface area contributed by atoms with Crippen LogP contribution in [0, 0.1) is 10.5 Å². The van der Waals surface area contributed by atoms with Gasteiger partial charge in [-0.05, 0) is 41.1 Å². The third-order valence-electron chi connectivity index (χ3n) is 2.03. The minimum Gasteiger partial charge on any atom is -0.266 e. The van der Waals surface area contributed by atoms with Crippen LogP contribution in [0.5, 0.6) is 0 Å². The predicted octanol–water partition coefficient (Wildman–Crippen LogP) is 2.24. The maximum Gasteiger partial charge on any atom is 0.0834 e. The van der Waals surface area contributed by atoms with E-state index in [0.29, 0.717) is 0 Å². The van der Waals surface area contributed by atoms with Crippen LogP contribution in [0.3, 0.4) is 0 Å². The molecule has 0 aliphatic carbocycles. The molecule has 0 saturated carbocycles. The van der Waals surface area contributed by atoms with E-state index in [2.05, 4.69) is 45.7 Å². The lowest BCUT2D eigenvalue weighted by Gasteiger charge is -2.03. The summed E-state index contributed by atoms with van der Waals surface area (Å²) in [6.45, 7) is 2.81. The lowest BCUT2D eigenvalue weighted by molar-refractivity contribution is 0.669. The molecule has 0 atom stereocenters. The number of hydrogen-bond acceptors (Lipinski definition) is 2. The fraction of sp³-hybridized carbons (Fsp3) is 0.200. The van der Waals surface area contributed by atoms with E-state index in [-0.39, 0.29) is 0 Å². The van der Waals surface area contributed by atoms with Crippen molar-refractivity contribution in [1.29, 1.82) is 0 Å². The van der Waals surface area contributed by atoms with Crippen molar-refractivity contribution in [3.63, 3.8) is 0 Å². The Hall–Kier alpha value is -0.910. The highest BCUT2D eigenvalue weighted by Crippen LogP contribution is 2.07. The van der Waals surface area contributed by atoms with E-state index in [1.165, 1.54) is 5.56 Å². The Balaban J connectivity index is 2.23. The van der Waals surface area contributed by atoms with Gasteiger partial charge in [-0.3, -0.25) is 9.67 Å². The van der Waals surface area contributed by atoms with E-state index in [1.807, 2.05) is 29.3 Å². The molecule has 0 unspecified atom stereocenters. The average molecular weight is 299 g/mol. The first-order valence-electron chi connectivity index (χ1n) is 4.34. The first-order chi connectivity index (χ1) is 6.75. The second kappa shape index (κ2) is 4.08. The lowest BCUT2D eigenvalue weighted by Crippen LogP contribution is -2.03. The van der Waals surface area contributed by atoms with Gasteiger partial charge in [-0.15, -0.1) is 0 Å². The number of rotatable bonds is 2. The van der Waals surface area contributed by atoms with Crippen molar-refractivity contribution >= 4 is 22.6 Å². The zero-order valence-corrected chi connectivity index (χ0v) is 9.97. The SMILES string of the molecule is Cc1cccnc1Cn1cc(I)cn1. The van der Waals surface area contributed by atoms with E-state index >= 15 is 0 Å². The zero-order valence-electron chi connectivity index (χ0n) is 7.81. The van der Waals surface area contributed by atoms with Crippen LogP contribution in [0.4, 0.5) is 0 Å². The molecule has 2 aromatic heterocycles. The second-order valence-electron chi connectivity index (χ2n) is 3.12. The highest BCUT2D eigenvalue weighted by molar-refractivity contribution is 14.1. The summed E-state index contributed by atoms with van der Waals surface area (Å²) in [6.07, 6.45) is 5.67. The number of aryl methyl sites for hydroxylation is 1. The normalized spacial score (nSPS) is 10.4. The number of nitrogens with zero attached hydrogens (tertiary/aromatic N) is 3. The molecule has 72 valence electrons. The maximum absolute atomic E-state index is 4.32. The molecule has 0 radical (unpaired) electrons. The molecule has 4 heteroatoms. The van der Waals surface area contributed by atoms with E-state index in [4.69, 9.17) is 0 Å². The van der Waals surface area contributed by atoms with E-state index in [0.717, 1.165) is 15.8 Å². The molecule has 0 aliphatic rings. The molecule has 0 N–H and O–H groups in total. The van der Waals surface area contributed by atoms with Crippen LogP contribution in [-0.2, 0) is 6.54 Å². The maximum atomic E-state index is 4.32. The summed E-state index contributed by atoms with van der Waals surface area (Å²) in [5.41, 5.74) is 2.28.